The Balaban J connectivity index is 2.00. The third-order valence-electron chi connectivity index (χ3n) is 6.14. The summed E-state index contributed by atoms with van der Waals surface area (Å²) < 4.78 is 4.33. The van der Waals surface area contributed by atoms with Crippen LogP contribution in [0.1, 0.15) is 5.56 Å². The normalized spacial score (nSPS) is 11.4. The van der Waals surface area contributed by atoms with Gasteiger partial charge in [0.15, 0.2) is 0 Å². The van der Waals surface area contributed by atoms with Crippen molar-refractivity contribution in [3.05, 3.63) is 103 Å². The van der Waals surface area contributed by atoms with E-state index in [-0.39, 0.29) is 5.69 Å². The second-order valence-corrected chi connectivity index (χ2v) is 8.07. The molecule has 0 N–H and O–H groups in total. The van der Waals surface area contributed by atoms with E-state index >= 15 is 0 Å². The molecule has 0 aliphatic carbocycles. The lowest BCUT2D eigenvalue weighted by Crippen LogP contribution is -2.36. The summed E-state index contributed by atoms with van der Waals surface area (Å²) in [4.78, 5) is 37.1. The van der Waals surface area contributed by atoms with E-state index in [4.69, 9.17) is 0 Å². The van der Waals surface area contributed by atoms with E-state index in [1.807, 2.05) is 47.0 Å². The molecule has 0 spiro atoms. The number of fused-ring (bicyclic) bond motifs is 2. The monoisotopic (exact) mass is 440 g/mol. The summed E-state index contributed by atoms with van der Waals surface area (Å²) in [5.41, 5.74) is 1.87. The zero-order valence-corrected chi connectivity index (χ0v) is 18.3. The summed E-state index contributed by atoms with van der Waals surface area (Å²) in [6, 6.07) is 18.6. The highest BCUT2D eigenvalue weighted by Gasteiger charge is 2.23. The standard InChI is InChI=1S/C25H20N4O4/c1-15-11-12-17(13-20(15)29(32)33)23-22-21(26(2)25(31)27(3)24(22)30)14-28(23)19-10-6-8-16-7-4-5-9-18(16)19/h4-14H,1-3H3. The van der Waals surface area contributed by atoms with E-state index in [0.717, 1.165) is 21.0 Å². The van der Waals surface area contributed by atoms with Crippen molar-refractivity contribution in [1.82, 2.24) is 13.7 Å². The summed E-state index contributed by atoms with van der Waals surface area (Å²) >= 11 is 0. The molecule has 5 aromatic rings. The van der Waals surface area contributed by atoms with Gasteiger partial charge in [-0.05, 0) is 18.4 Å². The number of nitrogens with zero attached hydrogens (tertiary/aromatic N) is 4. The van der Waals surface area contributed by atoms with Crippen LogP contribution in [0.2, 0.25) is 0 Å². The van der Waals surface area contributed by atoms with E-state index in [2.05, 4.69) is 0 Å². The molecule has 33 heavy (non-hydrogen) atoms. The van der Waals surface area contributed by atoms with Crippen molar-refractivity contribution < 1.29 is 4.92 Å². The number of nitro benzene ring substituents is 1. The van der Waals surface area contributed by atoms with Crippen LogP contribution in [0.15, 0.2) is 76.4 Å². The minimum absolute atomic E-state index is 0.0343. The molecule has 0 atom stereocenters. The summed E-state index contributed by atoms with van der Waals surface area (Å²) in [5.74, 6) is 0. The number of rotatable bonds is 3. The van der Waals surface area contributed by atoms with Gasteiger partial charge in [0.05, 0.1) is 27.2 Å². The average Bonchev–Trinajstić information content (AvgIpc) is 3.21. The molecule has 0 fully saturated rings. The fraction of sp³-hybridized carbons (Fsp3) is 0.120. The first-order valence-electron chi connectivity index (χ1n) is 10.3. The molecule has 2 heterocycles. The molecule has 0 saturated carbocycles. The zero-order chi connectivity index (χ0) is 23.4. The molecule has 2 aromatic heterocycles. The molecule has 8 nitrogen and oxygen atoms in total. The Morgan fingerprint density at radius 2 is 1.64 bits per heavy atom. The molecule has 0 saturated heterocycles. The van der Waals surface area contributed by atoms with Crippen molar-refractivity contribution in [2.24, 2.45) is 14.1 Å². The Hall–Kier alpha value is -4.46. The second kappa shape index (κ2) is 7.30. The lowest BCUT2D eigenvalue weighted by Gasteiger charge is -2.13. The highest BCUT2D eigenvalue weighted by atomic mass is 16.6. The van der Waals surface area contributed by atoms with Gasteiger partial charge in [0, 0.05) is 42.9 Å². The third-order valence-corrected chi connectivity index (χ3v) is 6.14. The predicted octanol–water partition coefficient (Wildman–Crippen LogP) is 4.06. The van der Waals surface area contributed by atoms with Crippen LogP contribution in [0.5, 0.6) is 0 Å². The van der Waals surface area contributed by atoms with Crippen LogP contribution in [0.4, 0.5) is 5.69 Å². The number of hydrogen-bond acceptors (Lipinski definition) is 4. The van der Waals surface area contributed by atoms with Crippen LogP contribution in [-0.4, -0.2) is 18.6 Å². The molecule has 0 aliphatic rings. The smallest absolute Gasteiger partial charge is 0.313 e. The van der Waals surface area contributed by atoms with Crippen LogP contribution in [0.3, 0.4) is 0 Å². The minimum Gasteiger partial charge on any atom is -0.313 e. The first-order valence-corrected chi connectivity index (χ1v) is 10.3. The van der Waals surface area contributed by atoms with Crippen LogP contribution < -0.4 is 11.2 Å². The molecule has 0 radical (unpaired) electrons. The van der Waals surface area contributed by atoms with Gasteiger partial charge in [-0.3, -0.25) is 24.0 Å². The highest BCUT2D eigenvalue weighted by Crippen LogP contribution is 2.35. The van der Waals surface area contributed by atoms with E-state index < -0.39 is 16.2 Å². The van der Waals surface area contributed by atoms with Crippen molar-refractivity contribution >= 4 is 27.4 Å². The minimum atomic E-state index is -0.453. The first-order chi connectivity index (χ1) is 15.8. The molecule has 0 aliphatic heterocycles. The number of hydrogen-bond donors (Lipinski definition) is 0. The van der Waals surface area contributed by atoms with Crippen LogP contribution >= 0.6 is 0 Å². The maximum atomic E-state index is 13.3. The van der Waals surface area contributed by atoms with Gasteiger partial charge in [-0.2, -0.15) is 0 Å². The summed E-state index contributed by atoms with van der Waals surface area (Å²) in [7, 11) is 3.04. The Morgan fingerprint density at radius 3 is 2.39 bits per heavy atom. The molecule has 3 aromatic carbocycles. The number of aryl methyl sites for hydroxylation is 2. The lowest BCUT2D eigenvalue weighted by atomic mass is 10.0. The van der Waals surface area contributed by atoms with E-state index in [0.29, 0.717) is 27.7 Å². The maximum Gasteiger partial charge on any atom is 0.330 e. The molecule has 164 valence electrons. The fourth-order valence-electron chi connectivity index (χ4n) is 4.39. The van der Waals surface area contributed by atoms with E-state index in [9.17, 15) is 19.7 Å². The van der Waals surface area contributed by atoms with Crippen molar-refractivity contribution in [3.63, 3.8) is 0 Å². The van der Waals surface area contributed by atoms with Crippen molar-refractivity contribution in [2.45, 2.75) is 6.92 Å². The van der Waals surface area contributed by atoms with Gasteiger partial charge in [0.2, 0.25) is 0 Å². The largest absolute Gasteiger partial charge is 0.330 e. The molecule has 5 rings (SSSR count). The Labute approximate surface area is 187 Å². The average molecular weight is 440 g/mol. The number of nitro groups is 1. The van der Waals surface area contributed by atoms with Gasteiger partial charge in [-0.25, -0.2) is 4.79 Å². The van der Waals surface area contributed by atoms with Gasteiger partial charge in [0.1, 0.15) is 0 Å². The van der Waals surface area contributed by atoms with Crippen molar-refractivity contribution in [3.8, 4) is 16.9 Å². The maximum absolute atomic E-state index is 13.3. The topological polar surface area (TPSA) is 92.1 Å². The van der Waals surface area contributed by atoms with Crippen LogP contribution in [0.25, 0.3) is 38.6 Å². The van der Waals surface area contributed by atoms with Gasteiger partial charge in [-0.1, -0.05) is 48.5 Å². The molecular formula is C25H20N4O4. The molecule has 0 amide bonds. The lowest BCUT2D eigenvalue weighted by molar-refractivity contribution is -0.385. The van der Waals surface area contributed by atoms with Gasteiger partial charge < -0.3 is 4.57 Å². The van der Waals surface area contributed by atoms with Gasteiger partial charge >= 0.3 is 5.69 Å². The van der Waals surface area contributed by atoms with Crippen LogP contribution in [-0.2, 0) is 14.1 Å². The Bertz CT molecular complexity index is 1720. The van der Waals surface area contributed by atoms with Crippen LogP contribution in [0, 0.1) is 17.0 Å². The summed E-state index contributed by atoms with van der Waals surface area (Å²) in [6.07, 6.45) is 1.75. The summed E-state index contributed by atoms with van der Waals surface area (Å²) in [5, 5.41) is 13.9. The van der Waals surface area contributed by atoms with Gasteiger partial charge in [-0.15, -0.1) is 0 Å². The quantitative estimate of drug-likeness (QED) is 0.312. The number of aromatic nitrogens is 3. The Kier molecular flexibility index (Phi) is 4.52. The highest BCUT2D eigenvalue weighted by molar-refractivity contribution is 5.98. The fourth-order valence-corrected chi connectivity index (χ4v) is 4.39. The van der Waals surface area contributed by atoms with Crippen molar-refractivity contribution in [1.29, 1.82) is 0 Å². The van der Waals surface area contributed by atoms with E-state index in [1.165, 1.54) is 17.7 Å². The zero-order valence-electron chi connectivity index (χ0n) is 18.3. The Morgan fingerprint density at radius 1 is 0.909 bits per heavy atom. The van der Waals surface area contributed by atoms with Crippen molar-refractivity contribution in [2.75, 3.05) is 0 Å². The number of benzene rings is 3. The first kappa shape index (κ1) is 20.4. The predicted molar refractivity (Wildman–Crippen MR) is 128 cm³/mol. The molecule has 0 bridgehead atoms. The van der Waals surface area contributed by atoms with E-state index in [1.54, 1.807) is 32.3 Å². The third kappa shape index (κ3) is 2.99. The molecular weight excluding hydrogens is 420 g/mol. The second-order valence-electron chi connectivity index (χ2n) is 8.07. The molecule has 8 heteroatoms. The summed E-state index contributed by atoms with van der Waals surface area (Å²) in [6.45, 7) is 1.67. The molecule has 0 unspecified atom stereocenters. The SMILES string of the molecule is Cc1ccc(-c2c3c(=O)n(C)c(=O)n(C)c3cn2-c2cccc3ccccc23)cc1[N+](=O)[O-]. The van der Waals surface area contributed by atoms with Gasteiger partial charge in [0.25, 0.3) is 11.2 Å².